The first kappa shape index (κ1) is 12.5. The zero-order valence-electron chi connectivity index (χ0n) is 8.46. The molecule has 0 radical (unpaired) electrons. The van der Waals surface area contributed by atoms with Crippen LogP contribution in [0.25, 0.3) is 0 Å². The minimum Gasteiger partial charge on any atom is -0.393 e. The zero-order chi connectivity index (χ0) is 12.3. The van der Waals surface area contributed by atoms with E-state index in [4.69, 9.17) is 5.73 Å². The normalized spacial score (nSPS) is 11.9. The third-order valence-corrected chi connectivity index (χ3v) is 2.36. The number of nitrogens with one attached hydrogen (secondary N) is 1. The average molecular weight is 244 g/mol. The third-order valence-electron chi connectivity index (χ3n) is 2.01. The number of anilines is 1. The van der Waals surface area contributed by atoms with E-state index in [-0.39, 0.29) is 10.7 Å². The number of amides is 1. The van der Waals surface area contributed by atoms with Crippen LogP contribution in [0, 0.1) is 17.6 Å². The molecule has 6 heteroatoms. The van der Waals surface area contributed by atoms with Gasteiger partial charge in [0.25, 0.3) is 0 Å². The molecule has 0 aliphatic carbocycles. The Morgan fingerprint density at radius 1 is 1.44 bits per heavy atom. The highest BCUT2D eigenvalue weighted by molar-refractivity contribution is 7.80. The van der Waals surface area contributed by atoms with Gasteiger partial charge in [-0.15, -0.1) is 0 Å². The highest BCUT2D eigenvalue weighted by atomic mass is 32.1. The van der Waals surface area contributed by atoms with E-state index < -0.39 is 23.5 Å². The molecule has 0 aliphatic rings. The molecule has 0 aromatic heterocycles. The quantitative estimate of drug-likeness (QED) is 0.797. The van der Waals surface area contributed by atoms with E-state index in [1.54, 1.807) is 0 Å². The Morgan fingerprint density at radius 2 is 2.06 bits per heavy atom. The first-order valence-corrected chi connectivity index (χ1v) is 4.88. The molecule has 1 amide bonds. The van der Waals surface area contributed by atoms with Crippen molar-refractivity contribution in [1.29, 1.82) is 0 Å². The second-order valence-corrected chi connectivity index (χ2v) is 3.71. The standard InChI is InChI=1S/C10H10F2N2OS/c1-5(9(13)16)10(15)14-6-2-3-7(11)8(12)4-6/h2-5H,1H3,(H2,13,16)(H,14,15). The second-order valence-electron chi connectivity index (χ2n) is 3.24. The fourth-order valence-corrected chi connectivity index (χ4v) is 1.06. The van der Waals surface area contributed by atoms with Crippen LogP contribution in [0.2, 0.25) is 0 Å². The molecule has 0 saturated heterocycles. The predicted octanol–water partition coefficient (Wildman–Crippen LogP) is 1.83. The average Bonchev–Trinajstić information content (AvgIpc) is 2.22. The van der Waals surface area contributed by atoms with Crippen molar-refractivity contribution in [3.63, 3.8) is 0 Å². The van der Waals surface area contributed by atoms with E-state index in [0.29, 0.717) is 0 Å². The van der Waals surface area contributed by atoms with E-state index in [2.05, 4.69) is 17.5 Å². The number of nitrogens with two attached hydrogens (primary N) is 1. The smallest absolute Gasteiger partial charge is 0.234 e. The molecule has 0 spiro atoms. The fraction of sp³-hybridized carbons (Fsp3) is 0.200. The maximum atomic E-state index is 12.8. The highest BCUT2D eigenvalue weighted by Gasteiger charge is 2.16. The van der Waals surface area contributed by atoms with Crippen molar-refractivity contribution in [2.24, 2.45) is 11.7 Å². The van der Waals surface area contributed by atoms with Crippen LogP contribution in [0.5, 0.6) is 0 Å². The number of carbonyl (C=O) groups is 1. The molecule has 1 aromatic carbocycles. The van der Waals surface area contributed by atoms with E-state index in [1.165, 1.54) is 13.0 Å². The summed E-state index contributed by atoms with van der Waals surface area (Å²) < 4.78 is 25.4. The summed E-state index contributed by atoms with van der Waals surface area (Å²) in [5, 5.41) is 2.38. The monoisotopic (exact) mass is 244 g/mol. The van der Waals surface area contributed by atoms with Gasteiger partial charge in [-0.2, -0.15) is 0 Å². The summed E-state index contributed by atoms with van der Waals surface area (Å²) in [4.78, 5) is 11.5. The lowest BCUT2D eigenvalue weighted by atomic mass is 10.1. The molecular weight excluding hydrogens is 234 g/mol. The number of halogens is 2. The lowest BCUT2D eigenvalue weighted by Gasteiger charge is -2.10. The van der Waals surface area contributed by atoms with E-state index in [1.807, 2.05) is 0 Å². The molecule has 0 bridgehead atoms. The lowest BCUT2D eigenvalue weighted by molar-refractivity contribution is -0.117. The molecule has 1 aromatic rings. The summed E-state index contributed by atoms with van der Waals surface area (Å²) in [6, 6.07) is 3.07. The number of thiocarbonyl (C=S) groups is 1. The Balaban J connectivity index is 2.77. The van der Waals surface area contributed by atoms with Crippen molar-refractivity contribution in [3.8, 4) is 0 Å². The Hall–Kier alpha value is -1.56. The van der Waals surface area contributed by atoms with Gasteiger partial charge in [-0.25, -0.2) is 8.78 Å². The van der Waals surface area contributed by atoms with E-state index in [9.17, 15) is 13.6 Å². The van der Waals surface area contributed by atoms with Crippen molar-refractivity contribution < 1.29 is 13.6 Å². The largest absolute Gasteiger partial charge is 0.393 e. The molecule has 1 unspecified atom stereocenters. The van der Waals surface area contributed by atoms with Crippen molar-refractivity contribution >= 4 is 28.8 Å². The molecule has 0 aliphatic heterocycles. The lowest BCUT2D eigenvalue weighted by Crippen LogP contribution is -2.30. The predicted molar refractivity (Wildman–Crippen MR) is 60.9 cm³/mol. The van der Waals surface area contributed by atoms with Gasteiger partial charge in [-0.1, -0.05) is 12.2 Å². The Bertz CT molecular complexity index is 437. The number of hydrogen-bond donors (Lipinski definition) is 2. The van der Waals surface area contributed by atoms with Gasteiger partial charge < -0.3 is 11.1 Å². The first-order chi connectivity index (χ1) is 7.41. The summed E-state index contributed by atoms with van der Waals surface area (Å²) >= 11 is 4.64. The molecule has 0 fully saturated rings. The summed E-state index contributed by atoms with van der Waals surface area (Å²) in [7, 11) is 0. The van der Waals surface area contributed by atoms with Crippen LogP contribution in [-0.2, 0) is 4.79 Å². The number of carbonyl (C=O) groups excluding carboxylic acids is 1. The molecule has 0 heterocycles. The van der Waals surface area contributed by atoms with Crippen LogP contribution < -0.4 is 11.1 Å². The van der Waals surface area contributed by atoms with Crippen LogP contribution in [0.3, 0.4) is 0 Å². The van der Waals surface area contributed by atoms with Gasteiger partial charge in [0.15, 0.2) is 11.6 Å². The van der Waals surface area contributed by atoms with Gasteiger partial charge in [0.1, 0.15) is 0 Å². The summed E-state index contributed by atoms with van der Waals surface area (Å²) in [5.74, 6) is -3.12. The van der Waals surface area contributed by atoms with Gasteiger partial charge in [-0.3, -0.25) is 4.79 Å². The maximum Gasteiger partial charge on any atom is 0.234 e. The van der Waals surface area contributed by atoms with E-state index >= 15 is 0 Å². The van der Waals surface area contributed by atoms with Crippen LogP contribution in [-0.4, -0.2) is 10.9 Å². The molecule has 0 saturated carbocycles. The van der Waals surface area contributed by atoms with Crippen LogP contribution in [0.1, 0.15) is 6.92 Å². The number of rotatable bonds is 3. The Kier molecular flexibility index (Phi) is 3.89. The molecule has 1 atom stereocenters. The summed E-state index contributed by atoms with van der Waals surface area (Å²) in [6.45, 7) is 1.53. The molecule has 3 N–H and O–H groups in total. The third kappa shape index (κ3) is 2.96. The minimum absolute atomic E-state index is 0.0417. The highest BCUT2D eigenvalue weighted by Crippen LogP contribution is 2.14. The van der Waals surface area contributed by atoms with Crippen LogP contribution in [0.15, 0.2) is 18.2 Å². The van der Waals surface area contributed by atoms with Crippen molar-refractivity contribution in [2.75, 3.05) is 5.32 Å². The Labute approximate surface area is 96.6 Å². The van der Waals surface area contributed by atoms with Crippen molar-refractivity contribution in [2.45, 2.75) is 6.92 Å². The first-order valence-electron chi connectivity index (χ1n) is 4.47. The van der Waals surface area contributed by atoms with Gasteiger partial charge in [0.05, 0.1) is 10.9 Å². The maximum absolute atomic E-state index is 12.8. The van der Waals surface area contributed by atoms with E-state index in [0.717, 1.165) is 12.1 Å². The zero-order valence-corrected chi connectivity index (χ0v) is 9.28. The number of hydrogen-bond acceptors (Lipinski definition) is 2. The second kappa shape index (κ2) is 4.98. The molecule has 1 rings (SSSR count). The summed E-state index contributed by atoms with van der Waals surface area (Å²) in [5.41, 5.74) is 5.44. The Morgan fingerprint density at radius 3 is 2.56 bits per heavy atom. The van der Waals surface area contributed by atoms with Gasteiger partial charge in [0.2, 0.25) is 5.91 Å². The van der Waals surface area contributed by atoms with Crippen LogP contribution >= 0.6 is 12.2 Å². The SMILES string of the molecule is CC(C(=O)Nc1ccc(F)c(F)c1)C(N)=S. The topological polar surface area (TPSA) is 55.1 Å². The molecule has 3 nitrogen and oxygen atoms in total. The number of benzene rings is 1. The summed E-state index contributed by atoms with van der Waals surface area (Å²) in [6.07, 6.45) is 0. The van der Waals surface area contributed by atoms with Crippen molar-refractivity contribution in [3.05, 3.63) is 29.8 Å². The van der Waals surface area contributed by atoms with Crippen LogP contribution in [0.4, 0.5) is 14.5 Å². The van der Waals surface area contributed by atoms with Gasteiger partial charge in [0, 0.05) is 11.8 Å². The van der Waals surface area contributed by atoms with Crippen molar-refractivity contribution in [1.82, 2.24) is 0 Å². The minimum atomic E-state index is -1.03. The molecular formula is C10H10F2N2OS. The molecule has 86 valence electrons. The van der Waals surface area contributed by atoms with Gasteiger partial charge in [-0.05, 0) is 19.1 Å². The van der Waals surface area contributed by atoms with Gasteiger partial charge >= 0.3 is 0 Å². The molecule has 16 heavy (non-hydrogen) atoms. The fourth-order valence-electron chi connectivity index (χ4n) is 0.954.